The maximum Gasteiger partial charge on any atom is 0.0362 e. The van der Waals surface area contributed by atoms with Gasteiger partial charge in [0.15, 0.2) is 0 Å². The van der Waals surface area contributed by atoms with Crippen LogP contribution in [0.2, 0.25) is 0 Å². The highest BCUT2D eigenvalue weighted by Crippen LogP contribution is 2.46. The van der Waals surface area contributed by atoms with Crippen LogP contribution in [0, 0.1) is 0 Å². The molecule has 2 rings (SSSR count). The van der Waals surface area contributed by atoms with Crippen molar-refractivity contribution in [1.29, 1.82) is 0 Å². The van der Waals surface area contributed by atoms with Crippen molar-refractivity contribution < 1.29 is 0 Å². The molecule has 0 saturated heterocycles. The topological polar surface area (TPSA) is 3.24 Å². The van der Waals surface area contributed by atoms with Gasteiger partial charge in [-0.3, -0.25) is 4.67 Å². The van der Waals surface area contributed by atoms with Crippen LogP contribution in [0.5, 0.6) is 0 Å². The molecule has 2 aromatic rings. The van der Waals surface area contributed by atoms with Crippen molar-refractivity contribution in [3.63, 3.8) is 0 Å². The molecule has 1 nitrogen and oxygen atoms in total. The summed E-state index contributed by atoms with van der Waals surface area (Å²) in [4.78, 5) is 0. The molecule has 0 N–H and O–H groups in total. The van der Waals surface area contributed by atoms with Crippen molar-refractivity contribution in [3.8, 4) is 0 Å². The SMILES string of the molecule is C[C@H](c1ccccc1)N([C@H](C)c1ccccc1)P(C)C. The fourth-order valence-corrected chi connectivity index (χ4v) is 4.45. The van der Waals surface area contributed by atoms with Gasteiger partial charge < -0.3 is 0 Å². The maximum absolute atomic E-state index is 2.64. The molecule has 0 fully saturated rings. The fraction of sp³-hybridized carbons (Fsp3) is 0.333. The summed E-state index contributed by atoms with van der Waals surface area (Å²) in [5.74, 6) is 0. The molecule has 2 heteroatoms. The first-order valence-electron chi connectivity index (χ1n) is 7.16. The van der Waals surface area contributed by atoms with Crippen LogP contribution in [-0.2, 0) is 0 Å². The average Bonchev–Trinajstić information content (AvgIpc) is 2.48. The molecule has 0 aromatic heterocycles. The van der Waals surface area contributed by atoms with E-state index in [9.17, 15) is 0 Å². The third-order valence-electron chi connectivity index (χ3n) is 3.82. The van der Waals surface area contributed by atoms with Gasteiger partial charge in [-0.2, -0.15) is 0 Å². The van der Waals surface area contributed by atoms with E-state index in [1.54, 1.807) is 0 Å². The Morgan fingerprint density at radius 1 is 0.700 bits per heavy atom. The summed E-state index contributed by atoms with van der Waals surface area (Å²) in [6, 6.07) is 22.5. The van der Waals surface area contributed by atoms with Gasteiger partial charge in [-0.15, -0.1) is 0 Å². The van der Waals surface area contributed by atoms with Gasteiger partial charge in [-0.25, -0.2) is 0 Å². The number of rotatable bonds is 5. The van der Waals surface area contributed by atoms with Crippen molar-refractivity contribution in [2.24, 2.45) is 0 Å². The van der Waals surface area contributed by atoms with Crippen LogP contribution in [0.3, 0.4) is 0 Å². The van der Waals surface area contributed by atoms with Gasteiger partial charge in [-0.05, 0) is 46.4 Å². The molecule has 0 aliphatic carbocycles. The minimum atomic E-state index is -0.157. The normalized spacial score (nSPS) is 14.5. The molecule has 0 saturated carbocycles. The Balaban J connectivity index is 2.28. The van der Waals surface area contributed by atoms with Gasteiger partial charge in [-0.1, -0.05) is 60.7 Å². The predicted molar refractivity (Wildman–Crippen MR) is 90.3 cm³/mol. The minimum absolute atomic E-state index is 0.157. The molecule has 0 heterocycles. The Kier molecular flexibility index (Phi) is 5.34. The molecule has 2 atom stereocenters. The lowest BCUT2D eigenvalue weighted by Gasteiger charge is -2.38. The van der Waals surface area contributed by atoms with E-state index >= 15 is 0 Å². The molecule has 0 radical (unpaired) electrons. The Bertz CT molecular complexity index is 464. The van der Waals surface area contributed by atoms with E-state index in [0.29, 0.717) is 12.1 Å². The largest absolute Gasteiger partial charge is 0.268 e. The first kappa shape index (κ1) is 15.2. The van der Waals surface area contributed by atoms with E-state index in [1.165, 1.54) is 11.1 Å². The molecule has 0 bridgehead atoms. The van der Waals surface area contributed by atoms with Crippen molar-refractivity contribution in [2.45, 2.75) is 25.9 Å². The van der Waals surface area contributed by atoms with Crippen LogP contribution in [0.25, 0.3) is 0 Å². The van der Waals surface area contributed by atoms with E-state index in [1.807, 2.05) is 0 Å². The van der Waals surface area contributed by atoms with E-state index in [-0.39, 0.29) is 8.07 Å². The molecule has 20 heavy (non-hydrogen) atoms. The van der Waals surface area contributed by atoms with Crippen molar-refractivity contribution >= 4 is 8.07 Å². The first-order chi connectivity index (χ1) is 9.61. The third kappa shape index (κ3) is 3.48. The Morgan fingerprint density at radius 3 is 1.35 bits per heavy atom. The number of nitrogens with zero attached hydrogens (tertiary/aromatic N) is 1. The lowest BCUT2D eigenvalue weighted by atomic mass is 10.0. The van der Waals surface area contributed by atoms with Gasteiger partial charge in [0.2, 0.25) is 0 Å². The standard InChI is InChI=1S/C18H24NP/c1-15(17-11-7-5-8-12-17)19(20(3)4)16(2)18-13-9-6-10-14-18/h5-16H,1-4H3/t15-,16-/m1/s1. The summed E-state index contributed by atoms with van der Waals surface area (Å²) in [5.41, 5.74) is 2.79. The zero-order valence-electron chi connectivity index (χ0n) is 12.8. The number of hydrogen-bond acceptors (Lipinski definition) is 1. The zero-order chi connectivity index (χ0) is 14.5. The molecule has 106 valence electrons. The van der Waals surface area contributed by atoms with Gasteiger partial charge in [0.1, 0.15) is 0 Å². The van der Waals surface area contributed by atoms with Gasteiger partial charge in [0.25, 0.3) is 0 Å². The average molecular weight is 285 g/mol. The summed E-state index contributed by atoms with van der Waals surface area (Å²) in [6.45, 7) is 9.32. The molecule has 2 aromatic carbocycles. The van der Waals surface area contributed by atoms with Crippen LogP contribution in [0.4, 0.5) is 0 Å². The molecule has 0 spiro atoms. The lowest BCUT2D eigenvalue weighted by molar-refractivity contribution is 0.301. The third-order valence-corrected chi connectivity index (χ3v) is 5.44. The van der Waals surface area contributed by atoms with E-state index in [4.69, 9.17) is 0 Å². The van der Waals surface area contributed by atoms with Crippen molar-refractivity contribution in [2.75, 3.05) is 13.3 Å². The Labute approximate surface area is 124 Å². The molecule has 0 aliphatic rings. The summed E-state index contributed by atoms with van der Waals surface area (Å²) in [5, 5.41) is 0. The van der Waals surface area contributed by atoms with Gasteiger partial charge in [0.05, 0.1) is 0 Å². The molecular weight excluding hydrogens is 261 g/mol. The smallest absolute Gasteiger partial charge is 0.0362 e. The van der Waals surface area contributed by atoms with Crippen LogP contribution in [0.1, 0.15) is 37.1 Å². The Hall–Kier alpha value is -1.17. The summed E-state index contributed by atoms with van der Waals surface area (Å²) in [7, 11) is -0.157. The van der Waals surface area contributed by atoms with Gasteiger partial charge in [0, 0.05) is 12.1 Å². The maximum atomic E-state index is 2.64. The van der Waals surface area contributed by atoms with Crippen LogP contribution in [0.15, 0.2) is 60.7 Å². The second kappa shape index (κ2) is 7.02. The zero-order valence-corrected chi connectivity index (χ0v) is 13.7. The van der Waals surface area contributed by atoms with Gasteiger partial charge >= 0.3 is 0 Å². The summed E-state index contributed by atoms with van der Waals surface area (Å²) < 4.78 is 2.64. The monoisotopic (exact) mass is 285 g/mol. The second-order valence-corrected chi connectivity index (χ2v) is 7.56. The predicted octanol–water partition coefficient (Wildman–Crippen LogP) is 5.47. The fourth-order valence-electron chi connectivity index (χ4n) is 2.80. The highest BCUT2D eigenvalue weighted by atomic mass is 31.1. The molecular formula is C18H24NP. The molecule has 0 amide bonds. The van der Waals surface area contributed by atoms with Crippen LogP contribution >= 0.6 is 8.07 Å². The number of benzene rings is 2. The quantitative estimate of drug-likeness (QED) is 0.659. The minimum Gasteiger partial charge on any atom is -0.268 e. The van der Waals surface area contributed by atoms with Crippen LogP contribution in [-0.4, -0.2) is 18.0 Å². The second-order valence-electron chi connectivity index (χ2n) is 5.40. The lowest BCUT2D eigenvalue weighted by Crippen LogP contribution is -2.25. The van der Waals surface area contributed by atoms with Crippen molar-refractivity contribution in [1.82, 2.24) is 4.67 Å². The molecule has 0 unspecified atom stereocenters. The summed E-state index contributed by atoms with van der Waals surface area (Å²) >= 11 is 0. The first-order valence-corrected chi connectivity index (χ1v) is 9.35. The van der Waals surface area contributed by atoms with Crippen molar-refractivity contribution in [3.05, 3.63) is 71.8 Å². The van der Waals surface area contributed by atoms with E-state index < -0.39 is 0 Å². The number of hydrogen-bond donors (Lipinski definition) is 0. The molecule has 0 aliphatic heterocycles. The van der Waals surface area contributed by atoms with E-state index in [0.717, 1.165) is 0 Å². The summed E-state index contributed by atoms with van der Waals surface area (Å²) in [6.07, 6.45) is 0. The van der Waals surface area contributed by atoms with Crippen LogP contribution < -0.4 is 0 Å². The van der Waals surface area contributed by atoms with E-state index in [2.05, 4.69) is 92.5 Å². The Morgan fingerprint density at radius 2 is 1.05 bits per heavy atom. The highest BCUT2D eigenvalue weighted by molar-refractivity contribution is 7.53. The highest BCUT2D eigenvalue weighted by Gasteiger charge is 2.24.